The van der Waals surface area contributed by atoms with E-state index in [1.165, 1.54) is 96.3 Å². The quantitative estimate of drug-likeness (QED) is 0.101. The van der Waals surface area contributed by atoms with Gasteiger partial charge in [0.15, 0.2) is 0 Å². The standard InChI is InChI=1S/3C10H21.Al/c3*1-3-5-7-9-10-8-6-4-2;/h3*7H,3-6,8-10H2,1-2H3;. The van der Waals surface area contributed by atoms with Gasteiger partial charge >= 0.3 is 0 Å². The summed E-state index contributed by atoms with van der Waals surface area (Å²) in [6.45, 7) is 14.5. The van der Waals surface area contributed by atoms with Crippen LogP contribution in [0.4, 0.5) is 0 Å². The molecule has 0 aliphatic carbocycles. The second-order valence-corrected chi connectivity index (χ2v) is 14.8. The fraction of sp³-hybridized carbons (Fsp3) is 1.00. The second kappa shape index (κ2) is 23.7. The van der Waals surface area contributed by atoms with Crippen molar-refractivity contribution < 1.29 is 0 Å². The molecule has 0 aromatic rings. The maximum Gasteiger partial charge on any atom is 0.272 e. The maximum absolute atomic E-state index is 2.47. The van der Waals surface area contributed by atoms with Crippen molar-refractivity contribution in [2.24, 2.45) is 0 Å². The zero-order valence-corrected chi connectivity index (χ0v) is 24.3. The minimum atomic E-state index is -0.786. The van der Waals surface area contributed by atoms with Crippen molar-refractivity contribution in [1.82, 2.24) is 0 Å². The molecule has 0 fully saturated rings. The van der Waals surface area contributed by atoms with Crippen LogP contribution in [0.3, 0.4) is 0 Å². The van der Waals surface area contributed by atoms with Crippen molar-refractivity contribution in [2.45, 2.75) is 191 Å². The van der Waals surface area contributed by atoms with Gasteiger partial charge < -0.3 is 0 Å². The van der Waals surface area contributed by atoms with E-state index >= 15 is 0 Å². The highest BCUT2D eigenvalue weighted by molar-refractivity contribution is 6.63. The van der Waals surface area contributed by atoms with E-state index in [1.54, 1.807) is 38.5 Å². The molecule has 0 N–H and O–H groups in total. The van der Waals surface area contributed by atoms with E-state index in [4.69, 9.17) is 0 Å². The molecule has 0 aromatic heterocycles. The molecular formula is C30H63Al. The van der Waals surface area contributed by atoms with E-state index in [9.17, 15) is 0 Å². The van der Waals surface area contributed by atoms with Crippen LogP contribution < -0.4 is 0 Å². The van der Waals surface area contributed by atoms with Crippen LogP contribution in [0, 0.1) is 0 Å². The first-order valence-electron chi connectivity index (χ1n) is 15.2. The summed E-state index contributed by atoms with van der Waals surface area (Å²) in [4.78, 5) is 0. The summed E-state index contributed by atoms with van der Waals surface area (Å²) < 4.78 is 3.40. The average molecular weight is 451 g/mol. The Balaban J connectivity index is 5.51. The van der Waals surface area contributed by atoms with Crippen LogP contribution in [0.2, 0.25) is 14.3 Å². The van der Waals surface area contributed by atoms with E-state index in [0.717, 1.165) is 14.3 Å². The predicted octanol–water partition coefficient (Wildman–Crippen LogP) is 11.9. The van der Waals surface area contributed by atoms with Gasteiger partial charge in [-0.15, -0.1) is 0 Å². The second-order valence-electron chi connectivity index (χ2n) is 10.8. The minimum absolute atomic E-state index is 0.786. The van der Waals surface area contributed by atoms with Crippen LogP contribution in [0.25, 0.3) is 0 Å². The smallest absolute Gasteiger partial charge is 0.0817 e. The van der Waals surface area contributed by atoms with Gasteiger partial charge in [-0.05, 0) is 0 Å². The molecule has 1 heteroatoms. The van der Waals surface area contributed by atoms with Crippen molar-refractivity contribution in [3.8, 4) is 0 Å². The molecule has 186 valence electrons. The molecule has 0 bridgehead atoms. The lowest BCUT2D eigenvalue weighted by Crippen LogP contribution is -2.33. The first kappa shape index (κ1) is 31.5. The van der Waals surface area contributed by atoms with Crippen LogP contribution >= 0.6 is 0 Å². The van der Waals surface area contributed by atoms with Gasteiger partial charge in [-0.1, -0.05) is 191 Å². The Morgan fingerprint density at radius 2 is 0.613 bits per heavy atom. The summed E-state index contributed by atoms with van der Waals surface area (Å²) in [6, 6.07) is 0. The molecule has 3 unspecified atom stereocenters. The molecule has 0 saturated carbocycles. The zero-order chi connectivity index (χ0) is 23.2. The molecule has 0 radical (unpaired) electrons. The zero-order valence-electron chi connectivity index (χ0n) is 23.2. The topological polar surface area (TPSA) is 0 Å². The van der Waals surface area contributed by atoms with Gasteiger partial charge in [-0.3, -0.25) is 0 Å². The van der Waals surface area contributed by atoms with Crippen molar-refractivity contribution in [3.05, 3.63) is 0 Å². The SMILES string of the molecule is CCCCCC[CH](CCC)[Al]([CH](CCC)CCCCCC)[CH](CCC)CCCCCC. The van der Waals surface area contributed by atoms with E-state index < -0.39 is 14.1 Å². The van der Waals surface area contributed by atoms with E-state index in [-0.39, 0.29) is 0 Å². The third-order valence-electron chi connectivity index (χ3n) is 7.90. The molecule has 3 atom stereocenters. The largest absolute Gasteiger partial charge is 0.272 e. The molecule has 0 aliphatic rings. The molecule has 31 heavy (non-hydrogen) atoms. The Morgan fingerprint density at radius 3 is 0.839 bits per heavy atom. The minimum Gasteiger partial charge on any atom is -0.0817 e. The number of hydrogen-bond donors (Lipinski definition) is 0. The summed E-state index contributed by atoms with van der Waals surface area (Å²) in [5.74, 6) is 0. The third-order valence-corrected chi connectivity index (χ3v) is 13.2. The van der Waals surface area contributed by atoms with Gasteiger partial charge in [0.2, 0.25) is 0 Å². The Kier molecular flexibility index (Phi) is 24.1. The normalized spacial score (nSPS) is 14.5. The Bertz CT molecular complexity index is 287. The average Bonchev–Trinajstić information content (AvgIpc) is 2.77. The predicted molar refractivity (Wildman–Crippen MR) is 148 cm³/mol. The van der Waals surface area contributed by atoms with E-state index in [2.05, 4.69) is 41.5 Å². The molecular weight excluding hydrogens is 387 g/mol. The summed E-state index contributed by atoms with van der Waals surface area (Å²) in [7, 11) is 0. The summed E-state index contributed by atoms with van der Waals surface area (Å²) >= 11 is -0.786. The van der Waals surface area contributed by atoms with Crippen LogP contribution in [0.5, 0.6) is 0 Å². The first-order chi connectivity index (χ1) is 15.2. The van der Waals surface area contributed by atoms with Crippen molar-refractivity contribution in [2.75, 3.05) is 0 Å². The molecule has 0 spiro atoms. The van der Waals surface area contributed by atoms with Crippen molar-refractivity contribution >= 4 is 14.1 Å². The Labute approximate surface area is 204 Å². The summed E-state index contributed by atoms with van der Waals surface area (Å²) in [5.41, 5.74) is 0. The Hall–Kier alpha value is 0.532. The van der Waals surface area contributed by atoms with Crippen LogP contribution in [-0.4, -0.2) is 14.1 Å². The van der Waals surface area contributed by atoms with Crippen molar-refractivity contribution in [3.63, 3.8) is 0 Å². The Morgan fingerprint density at radius 1 is 0.323 bits per heavy atom. The molecule has 0 amide bonds. The van der Waals surface area contributed by atoms with Gasteiger partial charge in [0.1, 0.15) is 0 Å². The molecule has 0 nitrogen and oxygen atoms in total. The summed E-state index contributed by atoms with van der Waals surface area (Å²) in [5, 5.41) is 0. The summed E-state index contributed by atoms with van der Waals surface area (Å²) in [6.07, 6.45) is 31.2. The highest BCUT2D eigenvalue weighted by Crippen LogP contribution is 2.45. The van der Waals surface area contributed by atoms with Gasteiger partial charge in [0.25, 0.3) is 14.1 Å². The van der Waals surface area contributed by atoms with E-state index in [1.807, 2.05) is 0 Å². The first-order valence-corrected chi connectivity index (χ1v) is 17.2. The number of hydrogen-bond acceptors (Lipinski definition) is 0. The van der Waals surface area contributed by atoms with Gasteiger partial charge in [-0.2, -0.15) is 0 Å². The number of unbranched alkanes of at least 4 members (excludes halogenated alkanes) is 9. The molecule has 0 heterocycles. The lowest BCUT2D eigenvalue weighted by Gasteiger charge is -2.36. The molecule has 0 aromatic carbocycles. The number of rotatable bonds is 24. The molecule has 0 saturated heterocycles. The molecule has 0 aliphatic heterocycles. The van der Waals surface area contributed by atoms with Crippen LogP contribution in [-0.2, 0) is 0 Å². The van der Waals surface area contributed by atoms with E-state index in [0.29, 0.717) is 0 Å². The van der Waals surface area contributed by atoms with Gasteiger partial charge in [0, 0.05) is 0 Å². The van der Waals surface area contributed by atoms with Crippen molar-refractivity contribution in [1.29, 1.82) is 0 Å². The van der Waals surface area contributed by atoms with Crippen LogP contribution in [0.1, 0.15) is 176 Å². The lowest BCUT2D eigenvalue weighted by atomic mass is 10.1. The monoisotopic (exact) mass is 450 g/mol. The fourth-order valence-electron chi connectivity index (χ4n) is 6.35. The lowest BCUT2D eigenvalue weighted by molar-refractivity contribution is 0.507. The van der Waals surface area contributed by atoms with Crippen LogP contribution in [0.15, 0.2) is 0 Å². The third kappa shape index (κ3) is 15.9. The van der Waals surface area contributed by atoms with Gasteiger partial charge in [0.05, 0.1) is 0 Å². The van der Waals surface area contributed by atoms with Gasteiger partial charge in [-0.25, -0.2) is 0 Å². The maximum atomic E-state index is 2.47. The molecule has 0 rings (SSSR count). The fourth-order valence-corrected chi connectivity index (χ4v) is 12.7. The highest BCUT2D eigenvalue weighted by atomic mass is 27.2. The highest BCUT2D eigenvalue weighted by Gasteiger charge is 2.39.